The Balaban J connectivity index is 1.96. The van der Waals surface area contributed by atoms with E-state index in [-0.39, 0.29) is 17.6 Å². The van der Waals surface area contributed by atoms with E-state index < -0.39 is 22.0 Å². The van der Waals surface area contributed by atoms with Gasteiger partial charge in [-0.15, -0.1) is 0 Å². The number of hydrogen-bond acceptors (Lipinski definition) is 4. The first-order chi connectivity index (χ1) is 9.86. The first-order valence-electron chi connectivity index (χ1n) is 7.38. The molecule has 0 unspecified atom stereocenters. The van der Waals surface area contributed by atoms with E-state index in [1.54, 1.807) is 6.92 Å². The van der Waals surface area contributed by atoms with Crippen molar-refractivity contribution in [2.24, 2.45) is 5.92 Å². The van der Waals surface area contributed by atoms with Crippen molar-refractivity contribution in [2.45, 2.75) is 38.6 Å². The molecule has 0 bridgehead atoms. The molecule has 0 spiro atoms. The summed E-state index contributed by atoms with van der Waals surface area (Å²) in [4.78, 5) is 25.0. The molecule has 0 aromatic rings. The number of rotatable bonds is 4. The molecule has 0 aromatic carbocycles. The SMILES string of the molecule is CCS(=O)(=O)N1CCC(C(=O)N2CCC[C@@H]2C(=O)O)CC1. The van der Waals surface area contributed by atoms with Gasteiger partial charge in [-0.3, -0.25) is 4.79 Å². The van der Waals surface area contributed by atoms with Crippen molar-refractivity contribution < 1.29 is 23.1 Å². The van der Waals surface area contributed by atoms with Gasteiger partial charge in [0.25, 0.3) is 0 Å². The summed E-state index contributed by atoms with van der Waals surface area (Å²) < 4.78 is 25.0. The average molecular weight is 318 g/mol. The van der Waals surface area contributed by atoms with Gasteiger partial charge >= 0.3 is 5.97 Å². The predicted molar refractivity (Wildman–Crippen MR) is 76.1 cm³/mol. The number of carbonyl (C=O) groups excluding carboxylic acids is 1. The molecule has 120 valence electrons. The van der Waals surface area contributed by atoms with Gasteiger partial charge in [-0.05, 0) is 32.6 Å². The number of carboxylic acid groups (broad SMARTS) is 1. The molecule has 2 saturated heterocycles. The number of amides is 1. The number of carboxylic acids is 1. The van der Waals surface area contributed by atoms with E-state index in [0.29, 0.717) is 45.3 Å². The molecule has 2 fully saturated rings. The summed E-state index contributed by atoms with van der Waals surface area (Å²) in [5.41, 5.74) is 0. The second kappa shape index (κ2) is 6.31. The van der Waals surface area contributed by atoms with Crippen LogP contribution in [0.5, 0.6) is 0 Å². The van der Waals surface area contributed by atoms with E-state index in [4.69, 9.17) is 5.11 Å². The van der Waals surface area contributed by atoms with Crippen LogP contribution >= 0.6 is 0 Å². The third-order valence-electron chi connectivity index (χ3n) is 4.38. The fourth-order valence-electron chi connectivity index (χ4n) is 3.09. The highest BCUT2D eigenvalue weighted by Crippen LogP contribution is 2.26. The molecule has 1 amide bonds. The molecule has 2 aliphatic rings. The van der Waals surface area contributed by atoms with Crippen molar-refractivity contribution in [3.63, 3.8) is 0 Å². The van der Waals surface area contributed by atoms with Crippen molar-refractivity contribution in [1.29, 1.82) is 0 Å². The lowest BCUT2D eigenvalue weighted by molar-refractivity contribution is -0.150. The molecule has 1 N–H and O–H groups in total. The lowest BCUT2D eigenvalue weighted by Gasteiger charge is -2.33. The van der Waals surface area contributed by atoms with Gasteiger partial charge in [-0.1, -0.05) is 0 Å². The molecule has 2 heterocycles. The predicted octanol–water partition coefficient (Wildman–Crippen LogP) is 0.124. The van der Waals surface area contributed by atoms with Crippen LogP contribution in [0.1, 0.15) is 32.6 Å². The first kappa shape index (κ1) is 16.2. The summed E-state index contributed by atoms with van der Waals surface area (Å²) in [5, 5.41) is 9.13. The molecule has 2 rings (SSSR count). The van der Waals surface area contributed by atoms with E-state index >= 15 is 0 Å². The molecule has 8 heteroatoms. The summed E-state index contributed by atoms with van der Waals surface area (Å²) in [5.74, 6) is -1.27. The smallest absolute Gasteiger partial charge is 0.326 e. The Labute approximate surface area is 125 Å². The van der Waals surface area contributed by atoms with Gasteiger partial charge in [-0.25, -0.2) is 17.5 Å². The number of piperidine rings is 1. The van der Waals surface area contributed by atoms with Crippen LogP contribution in [0.2, 0.25) is 0 Å². The van der Waals surface area contributed by atoms with Crippen molar-refractivity contribution in [2.75, 3.05) is 25.4 Å². The fourth-order valence-corrected chi connectivity index (χ4v) is 4.22. The van der Waals surface area contributed by atoms with E-state index in [1.165, 1.54) is 9.21 Å². The number of aliphatic carboxylic acids is 1. The normalized spacial score (nSPS) is 25.2. The van der Waals surface area contributed by atoms with E-state index in [0.717, 1.165) is 0 Å². The lowest BCUT2D eigenvalue weighted by Crippen LogP contribution is -2.47. The van der Waals surface area contributed by atoms with Crippen LogP contribution in [-0.4, -0.2) is 66.0 Å². The minimum Gasteiger partial charge on any atom is -0.480 e. The molecule has 0 aliphatic carbocycles. The standard InChI is InChI=1S/C13H22N2O5S/c1-2-21(19,20)14-8-5-10(6-9-14)12(16)15-7-3-4-11(15)13(17)18/h10-11H,2-9H2,1H3,(H,17,18)/t11-/m1/s1. The first-order valence-corrected chi connectivity index (χ1v) is 8.99. The maximum absolute atomic E-state index is 12.4. The highest BCUT2D eigenvalue weighted by molar-refractivity contribution is 7.89. The molecule has 1 atom stereocenters. The minimum absolute atomic E-state index is 0.0683. The van der Waals surface area contributed by atoms with Gasteiger partial charge < -0.3 is 10.0 Å². The zero-order valence-corrected chi connectivity index (χ0v) is 13.0. The Hall–Kier alpha value is -1.15. The quantitative estimate of drug-likeness (QED) is 0.794. The maximum atomic E-state index is 12.4. The maximum Gasteiger partial charge on any atom is 0.326 e. The molecular formula is C13H22N2O5S. The Morgan fingerprint density at radius 3 is 2.29 bits per heavy atom. The minimum atomic E-state index is -3.20. The van der Waals surface area contributed by atoms with Crippen LogP contribution in [0.4, 0.5) is 0 Å². The monoisotopic (exact) mass is 318 g/mol. The molecule has 2 aliphatic heterocycles. The van der Waals surface area contributed by atoms with E-state index in [1.807, 2.05) is 0 Å². The van der Waals surface area contributed by atoms with Crippen LogP contribution < -0.4 is 0 Å². The second-order valence-electron chi connectivity index (χ2n) is 5.60. The van der Waals surface area contributed by atoms with Crippen LogP contribution in [0.25, 0.3) is 0 Å². The highest BCUT2D eigenvalue weighted by atomic mass is 32.2. The summed E-state index contributed by atoms with van der Waals surface area (Å²) in [6.45, 7) is 2.79. The number of nitrogens with zero attached hydrogens (tertiary/aromatic N) is 2. The Morgan fingerprint density at radius 1 is 1.14 bits per heavy atom. The Morgan fingerprint density at radius 2 is 1.76 bits per heavy atom. The van der Waals surface area contributed by atoms with Crippen molar-refractivity contribution >= 4 is 21.9 Å². The summed E-state index contributed by atoms with van der Waals surface area (Å²) in [7, 11) is -3.20. The van der Waals surface area contributed by atoms with Crippen LogP contribution in [0.3, 0.4) is 0 Å². The van der Waals surface area contributed by atoms with Crippen molar-refractivity contribution in [3.05, 3.63) is 0 Å². The molecule has 0 saturated carbocycles. The third-order valence-corrected chi connectivity index (χ3v) is 6.26. The zero-order chi connectivity index (χ0) is 15.6. The largest absolute Gasteiger partial charge is 0.480 e. The summed E-state index contributed by atoms with van der Waals surface area (Å²) in [6, 6.07) is -0.713. The van der Waals surface area contributed by atoms with Crippen LogP contribution in [-0.2, 0) is 19.6 Å². The number of sulfonamides is 1. The molecule has 7 nitrogen and oxygen atoms in total. The molecule has 21 heavy (non-hydrogen) atoms. The average Bonchev–Trinajstić information content (AvgIpc) is 2.96. The highest BCUT2D eigenvalue weighted by Gasteiger charge is 2.38. The number of carbonyl (C=O) groups is 2. The van der Waals surface area contributed by atoms with Gasteiger partial charge in [0, 0.05) is 25.6 Å². The lowest BCUT2D eigenvalue weighted by atomic mass is 9.96. The van der Waals surface area contributed by atoms with E-state index in [2.05, 4.69) is 0 Å². The number of hydrogen-bond donors (Lipinski definition) is 1. The molecule has 0 radical (unpaired) electrons. The van der Waals surface area contributed by atoms with Crippen molar-refractivity contribution in [3.8, 4) is 0 Å². The van der Waals surface area contributed by atoms with Crippen molar-refractivity contribution in [1.82, 2.24) is 9.21 Å². The number of likely N-dealkylation sites (tertiary alicyclic amines) is 1. The van der Waals surface area contributed by atoms with Gasteiger partial charge in [-0.2, -0.15) is 0 Å². The summed E-state index contributed by atoms with van der Waals surface area (Å²) in [6.07, 6.45) is 2.16. The Bertz CT molecular complexity index is 511. The summed E-state index contributed by atoms with van der Waals surface area (Å²) >= 11 is 0. The van der Waals surface area contributed by atoms with Gasteiger partial charge in [0.05, 0.1) is 5.75 Å². The topological polar surface area (TPSA) is 95.0 Å². The van der Waals surface area contributed by atoms with Gasteiger partial charge in [0.2, 0.25) is 15.9 Å². The third kappa shape index (κ3) is 3.37. The van der Waals surface area contributed by atoms with Crippen LogP contribution in [0.15, 0.2) is 0 Å². The van der Waals surface area contributed by atoms with Gasteiger partial charge in [0.1, 0.15) is 6.04 Å². The Kier molecular flexibility index (Phi) is 4.88. The molecular weight excluding hydrogens is 296 g/mol. The second-order valence-corrected chi connectivity index (χ2v) is 7.86. The molecule has 0 aromatic heterocycles. The van der Waals surface area contributed by atoms with Gasteiger partial charge in [0.15, 0.2) is 0 Å². The van der Waals surface area contributed by atoms with Crippen LogP contribution in [0, 0.1) is 5.92 Å². The van der Waals surface area contributed by atoms with E-state index in [9.17, 15) is 18.0 Å². The fraction of sp³-hybridized carbons (Fsp3) is 0.846. The zero-order valence-electron chi connectivity index (χ0n) is 12.2.